The molecule has 0 aromatic rings. The van der Waals surface area contributed by atoms with Gasteiger partial charge in [-0.3, -0.25) is 4.79 Å². The lowest BCUT2D eigenvalue weighted by molar-refractivity contribution is -0.148. The minimum Gasteiger partial charge on any atom is -0.464 e. The van der Waals surface area contributed by atoms with E-state index in [1.165, 1.54) is 25.7 Å². The molecule has 0 aliphatic carbocycles. The molecule has 0 bridgehead atoms. The van der Waals surface area contributed by atoms with Crippen molar-refractivity contribution in [3.63, 3.8) is 0 Å². The van der Waals surface area contributed by atoms with Gasteiger partial charge in [0.2, 0.25) is 5.91 Å². The van der Waals surface area contributed by atoms with Crippen molar-refractivity contribution in [1.82, 2.24) is 5.32 Å². The predicted molar refractivity (Wildman–Crippen MR) is 78.3 cm³/mol. The quantitative estimate of drug-likeness (QED) is 0.426. The number of aliphatic hydroxyl groups is 1. The molecule has 1 atom stereocenters. The highest BCUT2D eigenvalue weighted by Gasteiger charge is 2.20. The van der Waals surface area contributed by atoms with Crippen LogP contribution in [0.2, 0.25) is 0 Å². The number of carbonyl (C=O) groups is 2. The summed E-state index contributed by atoms with van der Waals surface area (Å²) in [4.78, 5) is 23.0. The molecule has 5 nitrogen and oxygen atoms in total. The number of hydrogen-bond acceptors (Lipinski definition) is 4. The van der Waals surface area contributed by atoms with Gasteiger partial charge in [-0.05, 0) is 13.3 Å². The van der Waals surface area contributed by atoms with E-state index in [-0.39, 0.29) is 12.5 Å². The summed E-state index contributed by atoms with van der Waals surface area (Å²) < 4.78 is 4.76. The Labute approximate surface area is 122 Å². The van der Waals surface area contributed by atoms with Crippen molar-refractivity contribution in [2.75, 3.05) is 13.2 Å². The van der Waals surface area contributed by atoms with Gasteiger partial charge in [-0.25, -0.2) is 4.79 Å². The molecule has 0 aromatic heterocycles. The van der Waals surface area contributed by atoms with Gasteiger partial charge in [-0.15, -0.1) is 0 Å². The van der Waals surface area contributed by atoms with E-state index in [9.17, 15) is 9.59 Å². The summed E-state index contributed by atoms with van der Waals surface area (Å²) in [6.07, 6.45) is 8.38. The van der Waals surface area contributed by atoms with Crippen LogP contribution in [0.25, 0.3) is 0 Å². The molecule has 118 valence electrons. The van der Waals surface area contributed by atoms with Gasteiger partial charge in [-0.2, -0.15) is 0 Å². The van der Waals surface area contributed by atoms with Gasteiger partial charge in [0.15, 0.2) is 6.04 Å². The van der Waals surface area contributed by atoms with Crippen LogP contribution in [0.4, 0.5) is 0 Å². The topological polar surface area (TPSA) is 75.6 Å². The highest BCUT2D eigenvalue weighted by Crippen LogP contribution is 2.08. The minimum atomic E-state index is -0.938. The normalized spacial score (nSPS) is 11.9. The average molecular weight is 287 g/mol. The van der Waals surface area contributed by atoms with Crippen LogP contribution >= 0.6 is 0 Å². The molecule has 5 heteroatoms. The average Bonchev–Trinajstić information content (AvgIpc) is 2.44. The lowest BCUT2D eigenvalue weighted by atomic mass is 10.1. The van der Waals surface area contributed by atoms with Crippen molar-refractivity contribution >= 4 is 11.9 Å². The molecule has 0 unspecified atom stereocenters. The summed E-state index contributed by atoms with van der Waals surface area (Å²) in [5.41, 5.74) is 0. The number of aliphatic hydroxyl groups excluding tert-OH is 1. The molecule has 0 rings (SSSR count). The van der Waals surface area contributed by atoms with Gasteiger partial charge >= 0.3 is 5.97 Å². The second-order valence-electron chi connectivity index (χ2n) is 4.93. The summed E-state index contributed by atoms with van der Waals surface area (Å²) in [7, 11) is 0. The highest BCUT2D eigenvalue weighted by molar-refractivity contribution is 5.84. The molecule has 0 aromatic carbocycles. The number of unbranched alkanes of at least 4 members (excludes halogenated alkanes) is 6. The maximum atomic E-state index is 11.6. The van der Waals surface area contributed by atoms with Crippen LogP contribution in [0.1, 0.15) is 65.2 Å². The summed E-state index contributed by atoms with van der Waals surface area (Å²) in [6.45, 7) is 3.68. The fourth-order valence-corrected chi connectivity index (χ4v) is 1.93. The van der Waals surface area contributed by atoms with Gasteiger partial charge in [-0.1, -0.05) is 45.4 Å². The van der Waals surface area contributed by atoms with Crippen molar-refractivity contribution in [1.29, 1.82) is 0 Å². The third kappa shape index (κ3) is 9.78. The molecule has 0 aliphatic rings. The van der Waals surface area contributed by atoms with Gasteiger partial charge in [0, 0.05) is 6.42 Å². The Morgan fingerprint density at radius 3 is 2.20 bits per heavy atom. The Bertz CT molecular complexity index is 269. The number of amides is 1. The SMILES string of the molecule is CCCCCCCCCC(=O)N[C@@H](CO)C(=O)OCC. The fraction of sp³-hybridized carbons (Fsp3) is 0.867. The molecule has 0 radical (unpaired) electrons. The first-order valence-electron chi connectivity index (χ1n) is 7.72. The number of rotatable bonds is 12. The molecule has 0 fully saturated rings. The van der Waals surface area contributed by atoms with E-state index in [0.29, 0.717) is 6.42 Å². The Kier molecular flexibility index (Phi) is 12.2. The second kappa shape index (κ2) is 12.9. The van der Waals surface area contributed by atoms with Crippen LogP contribution in [0.15, 0.2) is 0 Å². The van der Waals surface area contributed by atoms with Crippen LogP contribution in [-0.4, -0.2) is 36.2 Å². The lowest BCUT2D eigenvalue weighted by Crippen LogP contribution is -2.44. The van der Waals surface area contributed by atoms with Crippen LogP contribution < -0.4 is 5.32 Å². The third-order valence-corrected chi connectivity index (χ3v) is 3.10. The van der Waals surface area contributed by atoms with E-state index < -0.39 is 18.6 Å². The van der Waals surface area contributed by atoms with Crippen molar-refractivity contribution < 1.29 is 19.4 Å². The Morgan fingerprint density at radius 1 is 1.05 bits per heavy atom. The van der Waals surface area contributed by atoms with Crippen molar-refractivity contribution in [3.8, 4) is 0 Å². The number of carbonyl (C=O) groups excluding carboxylic acids is 2. The molecule has 2 N–H and O–H groups in total. The predicted octanol–water partition coefficient (Wildman–Crippen LogP) is 2.17. The van der Waals surface area contributed by atoms with Crippen molar-refractivity contribution in [2.24, 2.45) is 0 Å². The first-order valence-corrected chi connectivity index (χ1v) is 7.72. The first-order chi connectivity index (χ1) is 9.65. The summed E-state index contributed by atoms with van der Waals surface area (Å²) >= 11 is 0. The largest absolute Gasteiger partial charge is 0.464 e. The van der Waals surface area contributed by atoms with Crippen LogP contribution in [0, 0.1) is 0 Å². The molecular weight excluding hydrogens is 258 g/mol. The third-order valence-electron chi connectivity index (χ3n) is 3.10. The maximum absolute atomic E-state index is 11.6. The number of ether oxygens (including phenoxy) is 1. The fourth-order valence-electron chi connectivity index (χ4n) is 1.93. The minimum absolute atomic E-state index is 0.203. The molecule has 0 heterocycles. The van der Waals surface area contributed by atoms with E-state index in [0.717, 1.165) is 19.3 Å². The van der Waals surface area contributed by atoms with E-state index in [1.807, 2.05) is 0 Å². The standard InChI is InChI=1S/C15H29NO4/c1-3-5-6-7-8-9-10-11-14(18)16-13(12-17)15(19)20-4-2/h13,17H,3-12H2,1-2H3,(H,16,18)/t13-/m0/s1. The van der Waals surface area contributed by atoms with Crippen molar-refractivity contribution in [2.45, 2.75) is 71.3 Å². The van der Waals surface area contributed by atoms with E-state index in [1.54, 1.807) is 6.92 Å². The van der Waals surface area contributed by atoms with E-state index in [4.69, 9.17) is 9.84 Å². The molecule has 0 saturated carbocycles. The Hall–Kier alpha value is -1.10. The second-order valence-corrected chi connectivity index (χ2v) is 4.93. The molecular formula is C15H29NO4. The molecule has 20 heavy (non-hydrogen) atoms. The van der Waals surface area contributed by atoms with E-state index >= 15 is 0 Å². The summed E-state index contributed by atoms with van der Waals surface area (Å²) in [5, 5.41) is 11.5. The first kappa shape index (κ1) is 18.9. The van der Waals surface area contributed by atoms with Gasteiger partial charge in [0.1, 0.15) is 0 Å². The number of nitrogens with one attached hydrogen (secondary N) is 1. The molecule has 0 aliphatic heterocycles. The van der Waals surface area contributed by atoms with Gasteiger partial charge in [0.25, 0.3) is 0 Å². The zero-order chi connectivity index (χ0) is 15.2. The highest BCUT2D eigenvalue weighted by atomic mass is 16.5. The summed E-state index contributed by atoms with van der Waals surface area (Å²) in [6, 6.07) is -0.938. The monoisotopic (exact) mass is 287 g/mol. The Morgan fingerprint density at radius 2 is 1.65 bits per heavy atom. The van der Waals surface area contributed by atoms with Crippen LogP contribution in [0.5, 0.6) is 0 Å². The van der Waals surface area contributed by atoms with Crippen molar-refractivity contribution in [3.05, 3.63) is 0 Å². The molecule has 0 saturated heterocycles. The van der Waals surface area contributed by atoms with Crippen LogP contribution in [0.3, 0.4) is 0 Å². The van der Waals surface area contributed by atoms with E-state index in [2.05, 4.69) is 12.2 Å². The zero-order valence-corrected chi connectivity index (χ0v) is 12.8. The number of esters is 1. The Balaban J connectivity index is 3.67. The smallest absolute Gasteiger partial charge is 0.331 e. The van der Waals surface area contributed by atoms with Gasteiger partial charge < -0.3 is 15.2 Å². The maximum Gasteiger partial charge on any atom is 0.331 e. The number of hydrogen-bond donors (Lipinski definition) is 2. The zero-order valence-electron chi connectivity index (χ0n) is 12.8. The molecule has 0 spiro atoms. The molecule has 1 amide bonds. The lowest BCUT2D eigenvalue weighted by Gasteiger charge is -2.14. The summed E-state index contributed by atoms with van der Waals surface area (Å²) in [5.74, 6) is -0.784. The van der Waals surface area contributed by atoms with Gasteiger partial charge in [0.05, 0.1) is 13.2 Å². The van der Waals surface area contributed by atoms with Crippen LogP contribution in [-0.2, 0) is 14.3 Å².